The third kappa shape index (κ3) is 34.9. The first-order valence-electron chi connectivity index (χ1n) is 21.4. The van der Waals surface area contributed by atoms with Crippen molar-refractivity contribution < 1.29 is 20.1 Å². The molecular weight excluding hydrogens is 594 g/mol. The molecule has 0 spiro atoms. The molecule has 3 unspecified atom stereocenters. The molecule has 0 fully saturated rings. The number of aliphatic hydroxyl groups excluding tert-OH is 3. The molecule has 0 radical (unpaired) electrons. The van der Waals surface area contributed by atoms with Gasteiger partial charge in [0, 0.05) is 12.5 Å². The van der Waals surface area contributed by atoms with Crippen molar-refractivity contribution in [1.82, 2.24) is 5.32 Å². The smallest absolute Gasteiger partial charge is 0.222 e. The normalized spacial score (nSPS) is 13.7. The van der Waals surface area contributed by atoms with Crippen molar-refractivity contribution >= 4 is 5.91 Å². The number of allylic oxidation sites excluding steroid dienone is 1. The SMILES string of the molecule is CCCCCCCCCCCCC/C=C/C(O)C(CO)CNC(=O)CC(O)CCCCCCCCCCCCCCCCCCCCC. The second-order valence-electron chi connectivity index (χ2n) is 15.0. The maximum Gasteiger partial charge on any atom is 0.222 e. The first-order chi connectivity index (χ1) is 23.5. The molecular formula is C43H85NO4. The van der Waals surface area contributed by atoms with Crippen molar-refractivity contribution in [3.63, 3.8) is 0 Å². The van der Waals surface area contributed by atoms with Gasteiger partial charge in [-0.3, -0.25) is 4.79 Å². The van der Waals surface area contributed by atoms with Crippen LogP contribution in [0.1, 0.15) is 226 Å². The van der Waals surface area contributed by atoms with Gasteiger partial charge in [-0.1, -0.05) is 212 Å². The van der Waals surface area contributed by atoms with E-state index >= 15 is 0 Å². The first-order valence-corrected chi connectivity index (χ1v) is 21.4. The van der Waals surface area contributed by atoms with Crippen molar-refractivity contribution in [3.8, 4) is 0 Å². The first kappa shape index (κ1) is 47.1. The molecule has 4 N–H and O–H groups in total. The van der Waals surface area contributed by atoms with Crippen LogP contribution in [0, 0.1) is 5.92 Å². The Morgan fingerprint density at radius 2 is 0.896 bits per heavy atom. The van der Waals surface area contributed by atoms with Crippen LogP contribution in [0.2, 0.25) is 0 Å². The molecule has 286 valence electrons. The van der Waals surface area contributed by atoms with E-state index in [1.54, 1.807) is 6.08 Å². The van der Waals surface area contributed by atoms with Crippen LogP contribution in [-0.2, 0) is 4.79 Å². The van der Waals surface area contributed by atoms with Gasteiger partial charge in [0.1, 0.15) is 0 Å². The summed E-state index contributed by atoms with van der Waals surface area (Å²) in [6.45, 7) is 4.57. The van der Waals surface area contributed by atoms with Gasteiger partial charge in [-0.15, -0.1) is 0 Å². The maximum atomic E-state index is 12.3. The molecule has 5 nitrogen and oxygen atoms in total. The minimum Gasteiger partial charge on any atom is -0.396 e. The number of aliphatic hydroxyl groups is 3. The number of nitrogens with one attached hydrogen (secondary N) is 1. The average molecular weight is 680 g/mol. The molecule has 48 heavy (non-hydrogen) atoms. The summed E-state index contributed by atoms with van der Waals surface area (Å²) in [6.07, 6.45) is 44.1. The minimum atomic E-state index is -0.780. The Hall–Kier alpha value is -0.910. The Morgan fingerprint density at radius 3 is 1.27 bits per heavy atom. The predicted octanol–water partition coefficient (Wildman–Crippen LogP) is 11.9. The molecule has 0 saturated heterocycles. The topological polar surface area (TPSA) is 89.8 Å². The molecule has 1 amide bonds. The van der Waals surface area contributed by atoms with Crippen LogP contribution in [0.15, 0.2) is 12.2 Å². The van der Waals surface area contributed by atoms with E-state index in [-0.39, 0.29) is 25.5 Å². The second kappa shape index (κ2) is 38.9. The summed E-state index contributed by atoms with van der Waals surface area (Å²) in [6, 6.07) is 0. The summed E-state index contributed by atoms with van der Waals surface area (Å²) >= 11 is 0. The number of hydrogen-bond acceptors (Lipinski definition) is 4. The van der Waals surface area contributed by atoms with E-state index in [2.05, 4.69) is 19.2 Å². The molecule has 0 saturated carbocycles. The standard InChI is InChI=1S/C43H85NO4/c1-3-5-7-9-11-13-15-17-18-19-20-21-22-24-25-27-29-31-33-35-41(46)37-43(48)44-38-40(39-45)42(47)36-34-32-30-28-26-23-16-14-12-10-8-6-4-2/h34,36,40-42,45-47H,3-33,35,37-39H2,1-2H3,(H,44,48)/b36-34+. The van der Waals surface area contributed by atoms with Gasteiger partial charge in [-0.2, -0.15) is 0 Å². The van der Waals surface area contributed by atoms with E-state index in [1.165, 1.54) is 173 Å². The molecule has 3 atom stereocenters. The molecule has 0 rings (SSSR count). The van der Waals surface area contributed by atoms with E-state index in [0.717, 1.165) is 25.7 Å². The van der Waals surface area contributed by atoms with Gasteiger partial charge in [-0.25, -0.2) is 0 Å². The third-order valence-electron chi connectivity index (χ3n) is 10.1. The number of hydrogen-bond donors (Lipinski definition) is 4. The number of amides is 1. The number of rotatable bonds is 39. The third-order valence-corrected chi connectivity index (χ3v) is 10.1. The van der Waals surface area contributed by atoms with Gasteiger partial charge in [-0.05, 0) is 19.3 Å². The zero-order valence-corrected chi connectivity index (χ0v) is 32.4. The van der Waals surface area contributed by atoms with Gasteiger partial charge < -0.3 is 20.6 Å². The lowest BCUT2D eigenvalue weighted by Gasteiger charge is -2.19. The lowest BCUT2D eigenvalue weighted by atomic mass is 10.0. The fourth-order valence-corrected chi connectivity index (χ4v) is 6.70. The lowest BCUT2D eigenvalue weighted by molar-refractivity contribution is -0.123. The van der Waals surface area contributed by atoms with Crippen LogP contribution in [0.3, 0.4) is 0 Å². The van der Waals surface area contributed by atoms with Gasteiger partial charge in [0.25, 0.3) is 0 Å². The van der Waals surface area contributed by atoms with Crippen molar-refractivity contribution in [3.05, 3.63) is 12.2 Å². The number of carbonyl (C=O) groups is 1. The highest BCUT2D eigenvalue weighted by Gasteiger charge is 2.18. The summed E-state index contributed by atoms with van der Waals surface area (Å²) in [5.41, 5.74) is 0. The van der Waals surface area contributed by atoms with Gasteiger partial charge in [0.2, 0.25) is 5.91 Å². The molecule has 0 aliphatic heterocycles. The molecule has 5 heteroatoms. The van der Waals surface area contributed by atoms with Crippen LogP contribution in [0.4, 0.5) is 0 Å². The average Bonchev–Trinajstić information content (AvgIpc) is 3.08. The predicted molar refractivity (Wildman–Crippen MR) is 208 cm³/mol. The maximum absolute atomic E-state index is 12.3. The van der Waals surface area contributed by atoms with Crippen molar-refractivity contribution in [1.29, 1.82) is 0 Å². The lowest BCUT2D eigenvalue weighted by Crippen LogP contribution is -2.37. The van der Waals surface area contributed by atoms with Crippen molar-refractivity contribution in [2.45, 2.75) is 238 Å². The molecule has 0 aromatic heterocycles. The molecule has 0 heterocycles. The zero-order chi connectivity index (χ0) is 35.2. The molecule has 0 aromatic rings. The highest BCUT2D eigenvalue weighted by atomic mass is 16.3. The van der Waals surface area contributed by atoms with Crippen LogP contribution in [0.5, 0.6) is 0 Å². The second-order valence-corrected chi connectivity index (χ2v) is 15.0. The Bertz CT molecular complexity index is 669. The monoisotopic (exact) mass is 680 g/mol. The summed E-state index contributed by atoms with van der Waals surface area (Å²) < 4.78 is 0. The highest BCUT2D eigenvalue weighted by molar-refractivity contribution is 5.76. The van der Waals surface area contributed by atoms with E-state index < -0.39 is 18.1 Å². The number of carbonyl (C=O) groups excluding carboxylic acids is 1. The molecule has 0 aromatic carbocycles. The molecule has 0 aliphatic rings. The fourth-order valence-electron chi connectivity index (χ4n) is 6.70. The Labute approximate surface area is 299 Å². The fraction of sp³-hybridized carbons (Fsp3) is 0.930. The Balaban J connectivity index is 3.61. The Morgan fingerprint density at radius 1 is 0.542 bits per heavy atom. The quantitative estimate of drug-likeness (QED) is 0.0384. The van der Waals surface area contributed by atoms with E-state index in [1.807, 2.05) is 6.08 Å². The van der Waals surface area contributed by atoms with Crippen LogP contribution < -0.4 is 5.32 Å². The summed E-state index contributed by atoms with van der Waals surface area (Å²) in [7, 11) is 0. The van der Waals surface area contributed by atoms with Crippen LogP contribution >= 0.6 is 0 Å². The summed E-state index contributed by atoms with van der Waals surface area (Å²) in [5.74, 6) is -0.643. The van der Waals surface area contributed by atoms with E-state index in [4.69, 9.17) is 0 Å². The summed E-state index contributed by atoms with van der Waals surface area (Å²) in [4.78, 5) is 12.3. The van der Waals surface area contributed by atoms with Crippen LogP contribution in [0.25, 0.3) is 0 Å². The molecule has 0 bridgehead atoms. The van der Waals surface area contributed by atoms with E-state index in [9.17, 15) is 20.1 Å². The Kier molecular flexibility index (Phi) is 38.1. The van der Waals surface area contributed by atoms with Crippen molar-refractivity contribution in [2.75, 3.05) is 13.2 Å². The number of unbranched alkanes of at least 4 members (excludes halogenated alkanes) is 29. The van der Waals surface area contributed by atoms with Crippen LogP contribution in [-0.4, -0.2) is 46.6 Å². The highest BCUT2D eigenvalue weighted by Crippen LogP contribution is 2.16. The zero-order valence-electron chi connectivity index (χ0n) is 32.4. The largest absolute Gasteiger partial charge is 0.396 e. The van der Waals surface area contributed by atoms with Crippen molar-refractivity contribution in [2.24, 2.45) is 5.92 Å². The summed E-state index contributed by atoms with van der Waals surface area (Å²) in [5, 5.41) is 33.3. The minimum absolute atomic E-state index is 0.0853. The van der Waals surface area contributed by atoms with Gasteiger partial charge in [0.05, 0.1) is 25.2 Å². The van der Waals surface area contributed by atoms with Gasteiger partial charge in [0.15, 0.2) is 0 Å². The van der Waals surface area contributed by atoms with Gasteiger partial charge >= 0.3 is 0 Å². The molecule has 0 aliphatic carbocycles. The van der Waals surface area contributed by atoms with E-state index in [0.29, 0.717) is 6.42 Å².